The van der Waals surface area contributed by atoms with Crippen LogP contribution >= 0.6 is 0 Å². The molecule has 1 nitrogen and oxygen atoms in total. The van der Waals surface area contributed by atoms with E-state index in [1.807, 2.05) is 6.07 Å². The summed E-state index contributed by atoms with van der Waals surface area (Å²) in [5.41, 5.74) is 10.3. The second-order valence-corrected chi connectivity index (χ2v) is 8.00. The number of hydrogen-bond acceptors (Lipinski definition) is 1. The Morgan fingerprint density at radius 3 is 1.93 bits per heavy atom. The Balaban J connectivity index is 1.45. The average molecular weight is 361 g/mol. The van der Waals surface area contributed by atoms with Gasteiger partial charge in [0.25, 0.3) is 0 Å². The monoisotopic (exact) mass is 361 g/mol. The molecule has 0 aliphatic heterocycles. The summed E-state index contributed by atoms with van der Waals surface area (Å²) in [5, 5.41) is 3.57. The lowest BCUT2D eigenvalue weighted by atomic mass is 9.82. The predicted octanol–water partition coefficient (Wildman–Crippen LogP) is 7.40. The van der Waals surface area contributed by atoms with Crippen molar-refractivity contribution in [2.45, 2.75) is 19.3 Å². The molecule has 0 atom stereocenters. The van der Waals surface area contributed by atoms with E-state index in [0.29, 0.717) is 0 Å². The maximum atomic E-state index is 3.57. The first kappa shape index (κ1) is 16.8. The molecule has 0 radical (unpaired) electrons. The van der Waals surface area contributed by atoms with Crippen molar-refractivity contribution in [3.8, 4) is 22.3 Å². The third-order valence-corrected chi connectivity index (χ3v) is 5.86. The van der Waals surface area contributed by atoms with Crippen molar-refractivity contribution < 1.29 is 0 Å². The van der Waals surface area contributed by atoms with Crippen LogP contribution in [0.25, 0.3) is 22.3 Å². The van der Waals surface area contributed by atoms with E-state index < -0.39 is 0 Å². The number of rotatable bonds is 3. The Morgan fingerprint density at radius 2 is 1.14 bits per heavy atom. The minimum atomic E-state index is 0.0573. The van der Waals surface area contributed by atoms with Crippen LogP contribution in [0.3, 0.4) is 0 Å². The fourth-order valence-electron chi connectivity index (χ4n) is 4.34. The minimum absolute atomic E-state index is 0.0573. The van der Waals surface area contributed by atoms with Gasteiger partial charge in [0.2, 0.25) is 0 Å². The van der Waals surface area contributed by atoms with Gasteiger partial charge in [-0.3, -0.25) is 0 Å². The van der Waals surface area contributed by atoms with E-state index in [0.717, 1.165) is 11.4 Å². The molecular formula is C27H23N. The number of fused-ring (bicyclic) bond motifs is 3. The lowest BCUT2D eigenvalue weighted by Gasteiger charge is -2.21. The van der Waals surface area contributed by atoms with Crippen LogP contribution in [0.2, 0.25) is 0 Å². The Morgan fingerprint density at radius 1 is 0.536 bits per heavy atom. The minimum Gasteiger partial charge on any atom is -0.356 e. The summed E-state index contributed by atoms with van der Waals surface area (Å²) < 4.78 is 0. The molecule has 1 aliphatic rings. The molecule has 0 aromatic heterocycles. The van der Waals surface area contributed by atoms with Crippen molar-refractivity contribution >= 4 is 11.4 Å². The van der Waals surface area contributed by atoms with Crippen molar-refractivity contribution in [1.29, 1.82) is 0 Å². The molecular weight excluding hydrogens is 338 g/mol. The summed E-state index contributed by atoms with van der Waals surface area (Å²) in [6.07, 6.45) is 0. The van der Waals surface area contributed by atoms with Crippen molar-refractivity contribution in [3.05, 3.63) is 108 Å². The Hall–Kier alpha value is -3.32. The van der Waals surface area contributed by atoms with Gasteiger partial charge in [0.05, 0.1) is 0 Å². The van der Waals surface area contributed by atoms with Crippen LogP contribution in [0.15, 0.2) is 97.1 Å². The molecule has 4 aromatic carbocycles. The number of hydrogen-bond donors (Lipinski definition) is 1. The molecule has 1 N–H and O–H groups in total. The molecule has 0 unspecified atom stereocenters. The lowest BCUT2D eigenvalue weighted by molar-refractivity contribution is 0.660. The Kier molecular flexibility index (Phi) is 3.84. The molecule has 1 aliphatic carbocycles. The molecule has 4 aromatic rings. The van der Waals surface area contributed by atoms with Crippen LogP contribution in [0, 0.1) is 0 Å². The second-order valence-electron chi connectivity index (χ2n) is 8.00. The molecule has 0 saturated heterocycles. The first-order chi connectivity index (χ1) is 13.6. The van der Waals surface area contributed by atoms with E-state index in [1.54, 1.807) is 0 Å². The molecule has 0 spiro atoms. The highest BCUT2D eigenvalue weighted by Crippen LogP contribution is 2.49. The van der Waals surface area contributed by atoms with E-state index in [-0.39, 0.29) is 5.41 Å². The first-order valence-electron chi connectivity index (χ1n) is 9.80. The van der Waals surface area contributed by atoms with Crippen LogP contribution in [-0.4, -0.2) is 0 Å². The molecule has 28 heavy (non-hydrogen) atoms. The fraction of sp³-hybridized carbons (Fsp3) is 0.111. The van der Waals surface area contributed by atoms with Gasteiger partial charge in [-0.1, -0.05) is 86.6 Å². The zero-order valence-electron chi connectivity index (χ0n) is 16.2. The lowest BCUT2D eigenvalue weighted by Crippen LogP contribution is -2.14. The van der Waals surface area contributed by atoms with Crippen LogP contribution in [0.4, 0.5) is 11.4 Å². The zero-order chi connectivity index (χ0) is 19.1. The normalized spacial score (nSPS) is 13.6. The average Bonchev–Trinajstić information content (AvgIpc) is 2.96. The molecule has 136 valence electrons. The van der Waals surface area contributed by atoms with Gasteiger partial charge >= 0.3 is 0 Å². The third kappa shape index (κ3) is 2.71. The Bertz CT molecular complexity index is 1140. The maximum absolute atomic E-state index is 3.57. The number of benzene rings is 4. The van der Waals surface area contributed by atoms with Crippen molar-refractivity contribution in [2.75, 3.05) is 5.32 Å². The van der Waals surface area contributed by atoms with Gasteiger partial charge in [-0.05, 0) is 57.6 Å². The van der Waals surface area contributed by atoms with E-state index in [4.69, 9.17) is 0 Å². The molecule has 0 saturated carbocycles. The summed E-state index contributed by atoms with van der Waals surface area (Å²) in [6, 6.07) is 34.6. The molecule has 5 rings (SSSR count). The highest BCUT2D eigenvalue weighted by atomic mass is 14.9. The summed E-state index contributed by atoms with van der Waals surface area (Å²) in [5.74, 6) is 0. The van der Waals surface area contributed by atoms with E-state index in [1.165, 1.54) is 33.4 Å². The summed E-state index contributed by atoms with van der Waals surface area (Å²) in [6.45, 7) is 4.63. The van der Waals surface area contributed by atoms with Crippen LogP contribution in [-0.2, 0) is 5.41 Å². The maximum Gasteiger partial charge on any atom is 0.0390 e. The summed E-state index contributed by atoms with van der Waals surface area (Å²) in [4.78, 5) is 0. The van der Waals surface area contributed by atoms with Crippen molar-refractivity contribution in [2.24, 2.45) is 0 Å². The van der Waals surface area contributed by atoms with Crippen LogP contribution in [0.5, 0.6) is 0 Å². The number of nitrogens with one attached hydrogen (secondary N) is 1. The van der Waals surface area contributed by atoms with Crippen LogP contribution in [0.1, 0.15) is 25.0 Å². The molecule has 0 amide bonds. The summed E-state index contributed by atoms with van der Waals surface area (Å²) >= 11 is 0. The summed E-state index contributed by atoms with van der Waals surface area (Å²) in [7, 11) is 0. The van der Waals surface area contributed by atoms with E-state index in [9.17, 15) is 0 Å². The van der Waals surface area contributed by atoms with Gasteiger partial charge in [-0.25, -0.2) is 0 Å². The van der Waals surface area contributed by atoms with Gasteiger partial charge in [0.1, 0.15) is 0 Å². The van der Waals surface area contributed by atoms with Crippen molar-refractivity contribution in [1.82, 2.24) is 0 Å². The van der Waals surface area contributed by atoms with Crippen LogP contribution < -0.4 is 5.32 Å². The predicted molar refractivity (Wildman–Crippen MR) is 119 cm³/mol. The van der Waals surface area contributed by atoms with Gasteiger partial charge in [-0.15, -0.1) is 0 Å². The molecule has 0 heterocycles. The smallest absolute Gasteiger partial charge is 0.0390 e. The third-order valence-electron chi connectivity index (χ3n) is 5.86. The van der Waals surface area contributed by atoms with Gasteiger partial charge in [0, 0.05) is 16.8 Å². The van der Waals surface area contributed by atoms with Gasteiger partial charge in [0.15, 0.2) is 0 Å². The largest absolute Gasteiger partial charge is 0.356 e. The molecule has 0 fully saturated rings. The quantitative estimate of drug-likeness (QED) is 0.401. The molecule has 1 heteroatoms. The van der Waals surface area contributed by atoms with E-state index in [2.05, 4.69) is 110 Å². The van der Waals surface area contributed by atoms with E-state index >= 15 is 0 Å². The van der Waals surface area contributed by atoms with Gasteiger partial charge < -0.3 is 5.32 Å². The van der Waals surface area contributed by atoms with Crippen molar-refractivity contribution in [3.63, 3.8) is 0 Å². The molecule has 0 bridgehead atoms. The fourth-order valence-corrected chi connectivity index (χ4v) is 4.34. The highest BCUT2D eigenvalue weighted by Gasteiger charge is 2.34. The zero-order valence-corrected chi connectivity index (χ0v) is 16.2. The Labute approximate surface area is 166 Å². The topological polar surface area (TPSA) is 12.0 Å². The first-order valence-corrected chi connectivity index (χ1v) is 9.80. The highest BCUT2D eigenvalue weighted by molar-refractivity contribution is 5.83. The second kappa shape index (κ2) is 6.38. The number of anilines is 2. The standard InChI is InChI=1S/C27H23N/c1-27(2)25-11-7-6-10-23(25)24-18-22(16-17-26(24)27)28-21-14-12-20(13-15-21)19-8-4-3-5-9-19/h3-18,28H,1-2H3. The SMILES string of the molecule is CC1(C)c2ccccc2-c2cc(Nc3ccc(-c4ccccc4)cc3)ccc21. The van der Waals surface area contributed by atoms with Gasteiger partial charge in [-0.2, -0.15) is 0 Å².